The Bertz CT molecular complexity index is 775. The van der Waals surface area contributed by atoms with Crippen LogP contribution in [0.5, 0.6) is 0 Å². The van der Waals surface area contributed by atoms with E-state index in [1.165, 1.54) is 12.8 Å². The standard InChI is InChI=1S/C21H29BO3S2/c1-6-7-8-9-10-15(23)16-11-12-17(26-16)18-13-14-19(27-18)22-24-20(2,3)21(4,5)25-22/h11-14H,6-10H2,1-5H3. The highest BCUT2D eigenvalue weighted by Crippen LogP contribution is 2.38. The normalized spacial score (nSPS) is 18.2. The highest BCUT2D eigenvalue weighted by molar-refractivity contribution is 7.28. The van der Waals surface area contributed by atoms with Crippen LogP contribution in [0.2, 0.25) is 0 Å². The molecule has 2 aromatic heterocycles. The maximum Gasteiger partial charge on any atom is 0.505 e. The van der Waals surface area contributed by atoms with E-state index in [4.69, 9.17) is 9.31 Å². The Morgan fingerprint density at radius 2 is 1.56 bits per heavy atom. The zero-order valence-electron chi connectivity index (χ0n) is 17.0. The minimum atomic E-state index is -0.331. The smallest absolute Gasteiger partial charge is 0.399 e. The van der Waals surface area contributed by atoms with Crippen molar-refractivity contribution in [3.8, 4) is 9.75 Å². The van der Waals surface area contributed by atoms with Gasteiger partial charge in [0.2, 0.25) is 0 Å². The summed E-state index contributed by atoms with van der Waals surface area (Å²) in [4.78, 5) is 15.6. The molecular weight excluding hydrogens is 375 g/mol. The third-order valence-corrected chi connectivity index (χ3v) is 7.92. The number of carbonyl (C=O) groups is 1. The van der Waals surface area contributed by atoms with Crippen LogP contribution in [0.25, 0.3) is 9.75 Å². The van der Waals surface area contributed by atoms with E-state index in [-0.39, 0.29) is 24.1 Å². The molecule has 1 aliphatic heterocycles. The molecule has 0 bridgehead atoms. The van der Waals surface area contributed by atoms with Crippen LogP contribution in [0.1, 0.15) is 76.4 Å². The third-order valence-electron chi connectivity index (χ3n) is 5.49. The Balaban J connectivity index is 1.66. The highest BCUT2D eigenvalue weighted by Gasteiger charge is 2.52. The predicted molar refractivity (Wildman–Crippen MR) is 116 cm³/mol. The van der Waals surface area contributed by atoms with Gasteiger partial charge < -0.3 is 9.31 Å². The van der Waals surface area contributed by atoms with Crippen molar-refractivity contribution in [2.24, 2.45) is 0 Å². The van der Waals surface area contributed by atoms with Gasteiger partial charge in [0.05, 0.1) is 16.1 Å². The first-order valence-corrected chi connectivity index (χ1v) is 11.5. The number of thiophene rings is 2. The van der Waals surface area contributed by atoms with Crippen molar-refractivity contribution in [1.29, 1.82) is 0 Å². The van der Waals surface area contributed by atoms with Gasteiger partial charge in [-0.25, -0.2) is 0 Å². The number of Topliss-reactive ketones (excluding diaryl/α,β-unsaturated/α-hetero) is 1. The van der Waals surface area contributed by atoms with Crippen molar-refractivity contribution < 1.29 is 14.1 Å². The molecule has 0 radical (unpaired) electrons. The van der Waals surface area contributed by atoms with Gasteiger partial charge in [0.25, 0.3) is 0 Å². The van der Waals surface area contributed by atoms with Gasteiger partial charge in [-0.05, 0) is 52.3 Å². The average Bonchev–Trinajstić information content (AvgIpc) is 3.29. The number of ketones is 1. The van der Waals surface area contributed by atoms with E-state index >= 15 is 0 Å². The molecule has 1 fully saturated rings. The second-order valence-electron chi connectivity index (χ2n) is 8.19. The molecule has 3 nitrogen and oxygen atoms in total. The summed E-state index contributed by atoms with van der Waals surface area (Å²) in [6, 6.07) is 8.21. The summed E-state index contributed by atoms with van der Waals surface area (Å²) >= 11 is 3.28. The summed E-state index contributed by atoms with van der Waals surface area (Å²) in [5, 5.41) is 0. The average molecular weight is 404 g/mol. The molecule has 0 spiro atoms. The Morgan fingerprint density at radius 1 is 0.926 bits per heavy atom. The maximum absolute atomic E-state index is 12.4. The van der Waals surface area contributed by atoms with Crippen LogP contribution in [0, 0.1) is 0 Å². The van der Waals surface area contributed by atoms with Crippen LogP contribution in [-0.2, 0) is 9.31 Å². The van der Waals surface area contributed by atoms with E-state index in [1.54, 1.807) is 22.7 Å². The van der Waals surface area contributed by atoms with E-state index in [0.717, 1.165) is 32.2 Å². The minimum Gasteiger partial charge on any atom is -0.399 e. The SMILES string of the molecule is CCCCCCC(=O)c1ccc(-c2ccc(B3OC(C)(C)C(C)(C)O3)s2)s1. The summed E-state index contributed by atoms with van der Waals surface area (Å²) in [5.74, 6) is 0.269. The molecule has 2 aromatic rings. The fraction of sp³-hybridized carbons (Fsp3) is 0.571. The first kappa shape index (κ1) is 20.8. The van der Waals surface area contributed by atoms with Gasteiger partial charge in [0.15, 0.2) is 5.78 Å². The van der Waals surface area contributed by atoms with Crippen molar-refractivity contribution in [2.75, 3.05) is 0 Å². The Labute approximate surface area is 171 Å². The van der Waals surface area contributed by atoms with Crippen LogP contribution in [0.3, 0.4) is 0 Å². The van der Waals surface area contributed by atoms with Crippen molar-refractivity contribution >= 4 is 40.4 Å². The molecule has 27 heavy (non-hydrogen) atoms. The van der Waals surface area contributed by atoms with Crippen molar-refractivity contribution in [2.45, 2.75) is 77.9 Å². The van der Waals surface area contributed by atoms with Gasteiger partial charge in [-0.15, -0.1) is 22.7 Å². The molecule has 0 N–H and O–H groups in total. The van der Waals surface area contributed by atoms with Crippen molar-refractivity contribution in [3.05, 3.63) is 29.1 Å². The lowest BCUT2D eigenvalue weighted by Gasteiger charge is -2.32. The van der Waals surface area contributed by atoms with E-state index in [1.807, 2.05) is 6.07 Å². The number of hydrogen-bond acceptors (Lipinski definition) is 5. The molecule has 3 rings (SSSR count). The van der Waals surface area contributed by atoms with Gasteiger partial charge in [0, 0.05) is 21.0 Å². The fourth-order valence-electron chi connectivity index (χ4n) is 3.03. The molecular formula is C21H29BO3S2. The second-order valence-corrected chi connectivity index (χ2v) is 10.4. The quantitative estimate of drug-likeness (QED) is 0.311. The molecule has 0 aromatic carbocycles. The van der Waals surface area contributed by atoms with E-state index in [0.29, 0.717) is 6.42 Å². The van der Waals surface area contributed by atoms with Crippen molar-refractivity contribution in [3.63, 3.8) is 0 Å². The van der Waals surface area contributed by atoms with E-state index in [9.17, 15) is 4.79 Å². The summed E-state index contributed by atoms with van der Waals surface area (Å²) in [5.41, 5.74) is -0.662. The lowest BCUT2D eigenvalue weighted by Crippen LogP contribution is -2.41. The summed E-state index contributed by atoms with van der Waals surface area (Å²) in [6.45, 7) is 10.5. The summed E-state index contributed by atoms with van der Waals surface area (Å²) in [6.07, 6.45) is 5.19. The number of carbonyl (C=O) groups excluding carboxylic acids is 1. The van der Waals surface area contributed by atoms with Crippen LogP contribution in [0.4, 0.5) is 0 Å². The maximum atomic E-state index is 12.4. The minimum absolute atomic E-state index is 0.269. The van der Waals surface area contributed by atoms with Gasteiger partial charge >= 0.3 is 7.12 Å². The monoisotopic (exact) mass is 404 g/mol. The zero-order valence-corrected chi connectivity index (χ0v) is 18.6. The highest BCUT2D eigenvalue weighted by atomic mass is 32.1. The molecule has 0 amide bonds. The number of rotatable bonds is 8. The molecule has 0 unspecified atom stereocenters. The Kier molecular flexibility index (Phi) is 6.31. The van der Waals surface area contributed by atoms with Gasteiger partial charge in [-0.3, -0.25) is 4.79 Å². The molecule has 1 aliphatic rings. The van der Waals surface area contributed by atoms with Crippen LogP contribution < -0.4 is 4.78 Å². The van der Waals surface area contributed by atoms with Gasteiger partial charge in [-0.1, -0.05) is 32.3 Å². The zero-order chi connectivity index (χ0) is 19.7. The molecule has 146 valence electrons. The molecule has 3 heterocycles. The molecule has 0 atom stereocenters. The Morgan fingerprint density at radius 3 is 2.22 bits per heavy atom. The summed E-state index contributed by atoms with van der Waals surface area (Å²) in [7, 11) is -0.326. The number of unbranched alkanes of at least 4 members (excludes halogenated alkanes) is 3. The molecule has 0 saturated carbocycles. The van der Waals surface area contributed by atoms with E-state index < -0.39 is 0 Å². The van der Waals surface area contributed by atoms with Gasteiger partial charge in [-0.2, -0.15) is 0 Å². The topological polar surface area (TPSA) is 35.5 Å². The van der Waals surface area contributed by atoms with Crippen LogP contribution in [-0.4, -0.2) is 24.1 Å². The largest absolute Gasteiger partial charge is 0.505 e. The second kappa shape index (κ2) is 8.20. The van der Waals surface area contributed by atoms with Gasteiger partial charge in [0.1, 0.15) is 0 Å². The third kappa shape index (κ3) is 4.56. The molecule has 6 heteroatoms. The first-order valence-electron chi connectivity index (χ1n) is 9.82. The van der Waals surface area contributed by atoms with Crippen LogP contribution >= 0.6 is 22.7 Å². The van der Waals surface area contributed by atoms with E-state index in [2.05, 4.69) is 52.8 Å². The lowest BCUT2D eigenvalue weighted by molar-refractivity contribution is 0.00578. The first-order chi connectivity index (χ1) is 12.7. The van der Waals surface area contributed by atoms with Crippen molar-refractivity contribution in [1.82, 2.24) is 0 Å². The molecule has 1 saturated heterocycles. The number of hydrogen-bond donors (Lipinski definition) is 0. The fourth-order valence-corrected chi connectivity index (χ4v) is 5.06. The lowest BCUT2D eigenvalue weighted by atomic mass is 9.88. The predicted octanol–water partition coefficient (Wildman–Crippen LogP) is 5.93. The Hall–Kier alpha value is -0.945. The molecule has 0 aliphatic carbocycles. The summed E-state index contributed by atoms with van der Waals surface area (Å²) < 4.78 is 13.4. The van der Waals surface area contributed by atoms with Crippen LogP contribution in [0.15, 0.2) is 24.3 Å².